The van der Waals surface area contributed by atoms with E-state index in [0.29, 0.717) is 6.42 Å². The number of carbonyl (C=O) groups is 4. The van der Waals surface area contributed by atoms with E-state index in [-0.39, 0.29) is 48.9 Å². The Bertz CT molecular complexity index is 1120. The van der Waals surface area contributed by atoms with Crippen LogP contribution in [0.3, 0.4) is 0 Å². The second-order valence-corrected chi connectivity index (χ2v) is 10.7. The molecule has 0 aliphatic carbocycles. The van der Waals surface area contributed by atoms with Crippen molar-refractivity contribution in [2.24, 2.45) is 11.7 Å². The van der Waals surface area contributed by atoms with Crippen LogP contribution in [0.4, 0.5) is 0 Å². The number of amides is 4. The number of rotatable bonds is 8. The lowest BCUT2D eigenvalue weighted by Gasteiger charge is -2.39. The van der Waals surface area contributed by atoms with Gasteiger partial charge in [-0.2, -0.15) is 0 Å². The molecular formula is C26H34N6O4S. The summed E-state index contributed by atoms with van der Waals surface area (Å²) in [6, 6.07) is 7.21. The van der Waals surface area contributed by atoms with Crippen LogP contribution in [0.5, 0.6) is 0 Å². The molecule has 4 amide bonds. The minimum Gasteiger partial charge on any atom is -0.368 e. The number of piperidine rings is 2. The van der Waals surface area contributed by atoms with Gasteiger partial charge in [0.1, 0.15) is 17.8 Å². The Morgan fingerprint density at radius 2 is 1.86 bits per heavy atom. The van der Waals surface area contributed by atoms with E-state index < -0.39 is 23.9 Å². The first-order valence-corrected chi connectivity index (χ1v) is 13.6. The van der Waals surface area contributed by atoms with E-state index in [1.807, 2.05) is 37.3 Å². The lowest BCUT2D eigenvalue weighted by molar-refractivity contribution is -0.132. The third kappa shape index (κ3) is 6.92. The van der Waals surface area contributed by atoms with Gasteiger partial charge in [0.15, 0.2) is 0 Å². The summed E-state index contributed by atoms with van der Waals surface area (Å²) in [5.41, 5.74) is 6.76. The summed E-state index contributed by atoms with van der Waals surface area (Å²) >= 11 is 1.36. The van der Waals surface area contributed by atoms with Gasteiger partial charge in [0.05, 0.1) is 5.01 Å². The SMILES string of the molecule is Cc1nc(C(=O)N2CCC(NC(=O)C3CCNCC3)CC2C(=O)NC(Cc2ccccc2)C(N)=O)cs1. The molecule has 3 heterocycles. The fraction of sp³-hybridized carbons (Fsp3) is 0.500. The highest BCUT2D eigenvalue weighted by Crippen LogP contribution is 2.23. The van der Waals surface area contributed by atoms with E-state index in [2.05, 4.69) is 20.9 Å². The van der Waals surface area contributed by atoms with Crippen molar-refractivity contribution in [3.05, 3.63) is 52.0 Å². The van der Waals surface area contributed by atoms with Gasteiger partial charge in [-0.1, -0.05) is 30.3 Å². The van der Waals surface area contributed by atoms with Crippen LogP contribution in [0.25, 0.3) is 0 Å². The monoisotopic (exact) mass is 526 g/mol. The zero-order chi connectivity index (χ0) is 26.4. The highest BCUT2D eigenvalue weighted by Gasteiger charge is 2.39. The number of primary amides is 1. The number of aromatic nitrogens is 1. The Balaban J connectivity index is 1.50. The smallest absolute Gasteiger partial charge is 0.274 e. The van der Waals surface area contributed by atoms with Crippen LogP contribution >= 0.6 is 11.3 Å². The van der Waals surface area contributed by atoms with Crippen LogP contribution in [0.1, 0.15) is 46.7 Å². The first kappa shape index (κ1) is 26.7. The summed E-state index contributed by atoms with van der Waals surface area (Å²) in [4.78, 5) is 57.7. The molecular weight excluding hydrogens is 492 g/mol. The van der Waals surface area contributed by atoms with Gasteiger partial charge in [-0.25, -0.2) is 4.98 Å². The number of nitrogens with one attached hydrogen (secondary N) is 3. The molecule has 1 aromatic heterocycles. The van der Waals surface area contributed by atoms with E-state index in [4.69, 9.17) is 5.73 Å². The zero-order valence-electron chi connectivity index (χ0n) is 20.9. The summed E-state index contributed by atoms with van der Waals surface area (Å²) in [5, 5.41) is 11.6. The molecule has 2 fully saturated rings. The Hall–Kier alpha value is -3.31. The molecule has 0 spiro atoms. The second kappa shape index (κ2) is 12.3. The third-order valence-corrected chi connectivity index (χ3v) is 7.78. The number of benzene rings is 1. The van der Waals surface area contributed by atoms with Crippen molar-refractivity contribution >= 4 is 35.0 Å². The number of hydrogen-bond acceptors (Lipinski definition) is 7. The summed E-state index contributed by atoms with van der Waals surface area (Å²) in [5.74, 6) is -1.54. The number of likely N-dealkylation sites (tertiary alicyclic amines) is 1. The topological polar surface area (TPSA) is 147 Å². The maximum absolute atomic E-state index is 13.5. The average Bonchev–Trinajstić information content (AvgIpc) is 3.35. The van der Waals surface area contributed by atoms with Crippen molar-refractivity contribution in [3.8, 4) is 0 Å². The first-order valence-electron chi connectivity index (χ1n) is 12.7. The summed E-state index contributed by atoms with van der Waals surface area (Å²) in [6.45, 7) is 3.71. The normalized spacial score (nSPS) is 21.2. The van der Waals surface area contributed by atoms with E-state index in [0.717, 1.165) is 36.5 Å². The highest BCUT2D eigenvalue weighted by molar-refractivity contribution is 7.09. The van der Waals surface area contributed by atoms with Crippen molar-refractivity contribution in [1.29, 1.82) is 0 Å². The van der Waals surface area contributed by atoms with E-state index in [1.54, 1.807) is 5.38 Å². The molecule has 5 N–H and O–H groups in total. The second-order valence-electron chi connectivity index (χ2n) is 9.67. The molecule has 2 aromatic rings. The number of thiazole rings is 1. The molecule has 2 saturated heterocycles. The number of hydrogen-bond donors (Lipinski definition) is 4. The molecule has 4 rings (SSSR count). The molecule has 198 valence electrons. The molecule has 0 saturated carbocycles. The van der Waals surface area contributed by atoms with E-state index >= 15 is 0 Å². The van der Waals surface area contributed by atoms with Crippen molar-refractivity contribution in [3.63, 3.8) is 0 Å². The predicted octanol–water partition coefficient (Wildman–Crippen LogP) is 0.753. The van der Waals surface area contributed by atoms with Crippen LogP contribution in [0.15, 0.2) is 35.7 Å². The van der Waals surface area contributed by atoms with Crippen molar-refractivity contribution < 1.29 is 19.2 Å². The van der Waals surface area contributed by atoms with Crippen LogP contribution in [-0.2, 0) is 20.8 Å². The Morgan fingerprint density at radius 1 is 1.14 bits per heavy atom. The van der Waals surface area contributed by atoms with Crippen LogP contribution in [0.2, 0.25) is 0 Å². The molecule has 0 bridgehead atoms. The van der Waals surface area contributed by atoms with Crippen LogP contribution in [-0.4, -0.2) is 71.3 Å². The largest absolute Gasteiger partial charge is 0.368 e. The summed E-state index contributed by atoms with van der Waals surface area (Å²) < 4.78 is 0. The maximum atomic E-state index is 13.5. The quantitative estimate of drug-likeness (QED) is 0.399. The van der Waals surface area contributed by atoms with Gasteiger partial charge in [0, 0.05) is 30.3 Å². The van der Waals surface area contributed by atoms with Gasteiger partial charge < -0.3 is 26.6 Å². The lowest BCUT2D eigenvalue weighted by Crippen LogP contribution is -2.60. The fourth-order valence-electron chi connectivity index (χ4n) is 4.94. The van der Waals surface area contributed by atoms with Gasteiger partial charge in [0.2, 0.25) is 17.7 Å². The predicted molar refractivity (Wildman–Crippen MR) is 140 cm³/mol. The fourth-order valence-corrected chi connectivity index (χ4v) is 5.53. The number of nitrogens with zero attached hydrogens (tertiary/aromatic N) is 2. The first-order chi connectivity index (χ1) is 17.8. The Kier molecular flexibility index (Phi) is 8.88. The van der Waals surface area contributed by atoms with E-state index in [1.165, 1.54) is 16.2 Å². The third-order valence-electron chi connectivity index (χ3n) is 7.00. The van der Waals surface area contributed by atoms with Crippen molar-refractivity contribution in [1.82, 2.24) is 25.8 Å². The minimum absolute atomic E-state index is 0.0142. The number of aryl methyl sites for hydroxylation is 1. The van der Waals surface area contributed by atoms with Crippen molar-refractivity contribution in [2.45, 2.75) is 57.2 Å². The zero-order valence-corrected chi connectivity index (χ0v) is 21.8. The summed E-state index contributed by atoms with van der Waals surface area (Å²) in [6.07, 6.45) is 2.56. The minimum atomic E-state index is -0.932. The van der Waals surface area contributed by atoms with Crippen molar-refractivity contribution in [2.75, 3.05) is 19.6 Å². The van der Waals surface area contributed by atoms with Crippen LogP contribution in [0, 0.1) is 12.8 Å². The summed E-state index contributed by atoms with van der Waals surface area (Å²) in [7, 11) is 0. The van der Waals surface area contributed by atoms with Gasteiger partial charge in [-0.3, -0.25) is 19.2 Å². The molecule has 2 aliphatic rings. The van der Waals surface area contributed by atoms with Crippen LogP contribution < -0.4 is 21.7 Å². The molecule has 1 aromatic carbocycles. The molecule has 10 nitrogen and oxygen atoms in total. The van der Waals surface area contributed by atoms with Gasteiger partial charge in [-0.05, 0) is 51.3 Å². The number of carbonyl (C=O) groups excluding carboxylic acids is 4. The average molecular weight is 527 g/mol. The molecule has 3 atom stereocenters. The maximum Gasteiger partial charge on any atom is 0.274 e. The number of nitrogens with two attached hydrogens (primary N) is 1. The molecule has 3 unspecified atom stereocenters. The standard InChI is InChI=1S/C26H34N6O4S/c1-16-29-21(15-37-16)26(36)32-12-9-19(30-24(34)18-7-10-28-11-8-18)14-22(32)25(35)31-20(23(27)33)13-17-5-3-2-4-6-17/h2-6,15,18-20,22,28H,7-14H2,1H3,(H2,27,33)(H,30,34)(H,31,35). The van der Waals surface area contributed by atoms with Gasteiger partial charge in [0.25, 0.3) is 5.91 Å². The van der Waals surface area contributed by atoms with Gasteiger partial charge in [-0.15, -0.1) is 11.3 Å². The highest BCUT2D eigenvalue weighted by atomic mass is 32.1. The van der Waals surface area contributed by atoms with Gasteiger partial charge >= 0.3 is 0 Å². The Morgan fingerprint density at radius 3 is 2.51 bits per heavy atom. The molecule has 2 aliphatic heterocycles. The molecule has 0 radical (unpaired) electrons. The van der Waals surface area contributed by atoms with E-state index in [9.17, 15) is 19.2 Å². The Labute approximate surface area is 220 Å². The lowest BCUT2D eigenvalue weighted by atomic mass is 9.92. The molecule has 11 heteroatoms. The molecule has 37 heavy (non-hydrogen) atoms.